The first-order valence-electron chi connectivity index (χ1n) is 6.42. The topological polar surface area (TPSA) is 44.4 Å². The molecule has 1 unspecified atom stereocenters. The fraction of sp³-hybridized carbons (Fsp3) is 0.500. The molecule has 0 saturated carbocycles. The summed E-state index contributed by atoms with van der Waals surface area (Å²) in [4.78, 5) is 14.2. The van der Waals surface area contributed by atoms with Crippen LogP contribution in [-0.2, 0) is 0 Å². The molecular formula is C14H21N3O. The minimum absolute atomic E-state index is 0.00831. The molecule has 0 bridgehead atoms. The van der Waals surface area contributed by atoms with E-state index in [1.807, 2.05) is 31.2 Å². The molecule has 1 aromatic rings. The molecule has 4 heteroatoms. The van der Waals surface area contributed by atoms with Crippen LogP contribution >= 0.6 is 0 Å². The van der Waals surface area contributed by atoms with Gasteiger partial charge < -0.3 is 10.6 Å². The largest absolute Gasteiger partial charge is 0.350 e. The van der Waals surface area contributed by atoms with Gasteiger partial charge >= 0.3 is 0 Å². The number of aryl methyl sites for hydroxylation is 1. The van der Waals surface area contributed by atoms with Crippen LogP contribution in [0, 0.1) is 6.92 Å². The van der Waals surface area contributed by atoms with Crippen molar-refractivity contribution in [3.63, 3.8) is 0 Å². The van der Waals surface area contributed by atoms with Crippen molar-refractivity contribution < 1.29 is 4.79 Å². The molecule has 1 heterocycles. The summed E-state index contributed by atoms with van der Waals surface area (Å²) in [5, 5.41) is 6.34. The molecule has 1 aromatic carbocycles. The van der Waals surface area contributed by atoms with E-state index in [4.69, 9.17) is 0 Å². The van der Waals surface area contributed by atoms with Gasteiger partial charge in [0.05, 0.1) is 0 Å². The van der Waals surface area contributed by atoms with E-state index in [9.17, 15) is 4.79 Å². The molecule has 1 aliphatic heterocycles. The van der Waals surface area contributed by atoms with Crippen molar-refractivity contribution in [1.29, 1.82) is 0 Å². The lowest BCUT2D eigenvalue weighted by Crippen LogP contribution is -2.53. The molecule has 2 N–H and O–H groups in total. The third-order valence-corrected chi connectivity index (χ3v) is 3.46. The Morgan fingerprint density at radius 3 is 2.83 bits per heavy atom. The van der Waals surface area contributed by atoms with E-state index in [0.29, 0.717) is 12.6 Å². The number of carbonyl (C=O) groups excluding carboxylic acids is 1. The molecule has 18 heavy (non-hydrogen) atoms. The van der Waals surface area contributed by atoms with Gasteiger partial charge in [-0.2, -0.15) is 0 Å². The molecule has 0 aliphatic carbocycles. The van der Waals surface area contributed by atoms with Crippen LogP contribution in [0.1, 0.15) is 15.9 Å². The van der Waals surface area contributed by atoms with E-state index in [1.54, 1.807) is 0 Å². The van der Waals surface area contributed by atoms with E-state index in [-0.39, 0.29) is 5.91 Å². The maximum absolute atomic E-state index is 12.0. The highest BCUT2D eigenvalue weighted by Gasteiger charge is 2.19. The van der Waals surface area contributed by atoms with Crippen LogP contribution in [-0.4, -0.2) is 50.1 Å². The Labute approximate surface area is 108 Å². The Hall–Kier alpha value is -1.39. The Balaban J connectivity index is 1.86. The number of amides is 1. The summed E-state index contributed by atoms with van der Waals surface area (Å²) in [7, 11) is 2.10. The van der Waals surface area contributed by atoms with Crippen molar-refractivity contribution >= 4 is 5.91 Å². The van der Waals surface area contributed by atoms with E-state index in [0.717, 1.165) is 25.2 Å². The standard InChI is InChI=1S/C14H21N3O/c1-11-3-5-12(6-4-11)14(18)16-10-13-9-15-7-8-17(13)2/h3-6,13,15H,7-10H2,1-2H3,(H,16,18). The summed E-state index contributed by atoms with van der Waals surface area (Å²) in [6.45, 7) is 5.70. The molecule has 0 aromatic heterocycles. The van der Waals surface area contributed by atoms with E-state index in [2.05, 4.69) is 22.6 Å². The lowest BCUT2D eigenvalue weighted by Gasteiger charge is -2.33. The monoisotopic (exact) mass is 247 g/mol. The van der Waals surface area contributed by atoms with Crippen molar-refractivity contribution in [3.8, 4) is 0 Å². The van der Waals surface area contributed by atoms with Crippen LogP contribution in [0.15, 0.2) is 24.3 Å². The predicted molar refractivity (Wildman–Crippen MR) is 72.8 cm³/mol. The van der Waals surface area contributed by atoms with Crippen molar-refractivity contribution in [2.75, 3.05) is 33.2 Å². The first kappa shape index (κ1) is 13.1. The van der Waals surface area contributed by atoms with Gasteiger partial charge in [0.2, 0.25) is 0 Å². The molecule has 1 atom stereocenters. The Morgan fingerprint density at radius 1 is 1.44 bits per heavy atom. The second-order valence-electron chi connectivity index (χ2n) is 4.91. The Bertz CT molecular complexity index is 402. The molecule has 1 fully saturated rings. The number of carbonyl (C=O) groups is 1. The predicted octanol–water partition coefficient (Wildman–Crippen LogP) is 0.628. The Kier molecular flexibility index (Phi) is 4.33. The quantitative estimate of drug-likeness (QED) is 0.823. The fourth-order valence-corrected chi connectivity index (χ4v) is 2.11. The Morgan fingerprint density at radius 2 is 2.17 bits per heavy atom. The number of rotatable bonds is 3. The molecule has 4 nitrogen and oxygen atoms in total. The first-order valence-corrected chi connectivity index (χ1v) is 6.42. The number of hydrogen-bond donors (Lipinski definition) is 2. The minimum Gasteiger partial charge on any atom is -0.350 e. The molecular weight excluding hydrogens is 226 g/mol. The lowest BCUT2D eigenvalue weighted by atomic mass is 10.1. The molecule has 1 aliphatic rings. The highest BCUT2D eigenvalue weighted by molar-refractivity contribution is 5.94. The van der Waals surface area contributed by atoms with Gasteiger partial charge in [0.1, 0.15) is 0 Å². The van der Waals surface area contributed by atoms with Gasteiger partial charge in [-0.1, -0.05) is 17.7 Å². The number of piperazine rings is 1. The van der Waals surface area contributed by atoms with Crippen molar-refractivity contribution in [1.82, 2.24) is 15.5 Å². The van der Waals surface area contributed by atoms with Crippen molar-refractivity contribution in [2.45, 2.75) is 13.0 Å². The van der Waals surface area contributed by atoms with E-state index in [1.165, 1.54) is 5.56 Å². The van der Waals surface area contributed by atoms with Gasteiger partial charge in [0, 0.05) is 37.8 Å². The lowest BCUT2D eigenvalue weighted by molar-refractivity contribution is 0.0933. The third-order valence-electron chi connectivity index (χ3n) is 3.46. The molecule has 98 valence electrons. The normalized spacial score (nSPS) is 20.7. The van der Waals surface area contributed by atoms with Crippen LogP contribution in [0.5, 0.6) is 0 Å². The van der Waals surface area contributed by atoms with Crippen molar-refractivity contribution in [3.05, 3.63) is 35.4 Å². The van der Waals surface area contributed by atoms with Crippen molar-refractivity contribution in [2.24, 2.45) is 0 Å². The zero-order valence-corrected chi connectivity index (χ0v) is 11.1. The number of likely N-dealkylation sites (N-methyl/N-ethyl adjacent to an activating group) is 1. The van der Waals surface area contributed by atoms with Crippen LogP contribution in [0.25, 0.3) is 0 Å². The van der Waals surface area contributed by atoms with Gasteiger partial charge in [0.15, 0.2) is 0 Å². The summed E-state index contributed by atoms with van der Waals surface area (Å²) in [6.07, 6.45) is 0. The first-order chi connectivity index (χ1) is 8.66. The third kappa shape index (κ3) is 3.31. The fourth-order valence-electron chi connectivity index (χ4n) is 2.11. The van der Waals surface area contributed by atoms with Gasteiger partial charge in [-0.25, -0.2) is 0 Å². The van der Waals surface area contributed by atoms with Gasteiger partial charge in [0.25, 0.3) is 5.91 Å². The highest BCUT2D eigenvalue weighted by atomic mass is 16.1. The zero-order chi connectivity index (χ0) is 13.0. The second-order valence-corrected chi connectivity index (χ2v) is 4.91. The summed E-state index contributed by atoms with van der Waals surface area (Å²) in [5.74, 6) is 0.00831. The molecule has 0 spiro atoms. The second kappa shape index (κ2) is 5.98. The summed E-state index contributed by atoms with van der Waals surface area (Å²) < 4.78 is 0. The van der Waals surface area contributed by atoms with Gasteiger partial charge in [-0.05, 0) is 26.1 Å². The summed E-state index contributed by atoms with van der Waals surface area (Å²) in [5.41, 5.74) is 1.90. The summed E-state index contributed by atoms with van der Waals surface area (Å²) in [6, 6.07) is 8.04. The number of nitrogens with zero attached hydrogens (tertiary/aromatic N) is 1. The van der Waals surface area contributed by atoms with Crippen LogP contribution in [0.2, 0.25) is 0 Å². The van der Waals surface area contributed by atoms with E-state index >= 15 is 0 Å². The maximum Gasteiger partial charge on any atom is 0.251 e. The molecule has 0 radical (unpaired) electrons. The van der Waals surface area contributed by atoms with Crippen LogP contribution < -0.4 is 10.6 Å². The summed E-state index contributed by atoms with van der Waals surface area (Å²) >= 11 is 0. The van der Waals surface area contributed by atoms with Gasteiger partial charge in [-0.3, -0.25) is 9.69 Å². The van der Waals surface area contributed by atoms with E-state index < -0.39 is 0 Å². The number of nitrogens with one attached hydrogen (secondary N) is 2. The maximum atomic E-state index is 12.0. The average Bonchev–Trinajstić information content (AvgIpc) is 2.38. The SMILES string of the molecule is Cc1ccc(C(=O)NCC2CNCCN2C)cc1. The molecule has 1 saturated heterocycles. The minimum atomic E-state index is 0.00831. The number of hydrogen-bond acceptors (Lipinski definition) is 3. The van der Waals surface area contributed by atoms with Crippen LogP contribution in [0.3, 0.4) is 0 Å². The smallest absolute Gasteiger partial charge is 0.251 e. The molecule has 2 rings (SSSR count). The zero-order valence-electron chi connectivity index (χ0n) is 11.1. The average molecular weight is 247 g/mol. The van der Waals surface area contributed by atoms with Crippen LogP contribution in [0.4, 0.5) is 0 Å². The highest BCUT2D eigenvalue weighted by Crippen LogP contribution is 2.03. The number of benzene rings is 1. The van der Waals surface area contributed by atoms with Gasteiger partial charge in [-0.15, -0.1) is 0 Å². The molecule has 1 amide bonds.